The van der Waals surface area contributed by atoms with Gasteiger partial charge >= 0.3 is 0 Å². The maximum absolute atomic E-state index is 5.94. The zero-order valence-corrected chi connectivity index (χ0v) is 11.7. The van der Waals surface area contributed by atoms with E-state index in [0.29, 0.717) is 11.8 Å². The fraction of sp³-hybridized carbons (Fsp3) is 0.667. The van der Waals surface area contributed by atoms with Crippen LogP contribution in [0, 0.1) is 13.8 Å². The molecule has 0 spiro atoms. The number of hydrogen-bond acceptors (Lipinski definition) is 4. The Morgan fingerprint density at radius 3 is 2.47 bits per heavy atom. The van der Waals surface area contributed by atoms with Gasteiger partial charge in [0.15, 0.2) is 11.0 Å². The van der Waals surface area contributed by atoms with Gasteiger partial charge in [-0.2, -0.15) is 0 Å². The SMILES string of the molecule is CCOCCN(CC)c1nnc(Cl)c(C)c1C. The van der Waals surface area contributed by atoms with Gasteiger partial charge in [0.05, 0.1) is 6.61 Å². The second-order valence-corrected chi connectivity index (χ2v) is 4.20. The molecule has 1 aromatic rings. The van der Waals surface area contributed by atoms with Crippen molar-refractivity contribution in [2.45, 2.75) is 27.7 Å². The molecule has 0 radical (unpaired) electrons. The summed E-state index contributed by atoms with van der Waals surface area (Å²) >= 11 is 5.94. The summed E-state index contributed by atoms with van der Waals surface area (Å²) in [4.78, 5) is 2.15. The second kappa shape index (κ2) is 6.77. The summed E-state index contributed by atoms with van der Waals surface area (Å²) in [5, 5.41) is 8.63. The van der Waals surface area contributed by atoms with Crippen molar-refractivity contribution in [1.29, 1.82) is 0 Å². The van der Waals surface area contributed by atoms with Gasteiger partial charge < -0.3 is 9.64 Å². The Hall–Kier alpha value is -0.870. The van der Waals surface area contributed by atoms with Crippen LogP contribution in [-0.4, -0.2) is 36.5 Å². The minimum atomic E-state index is 0.479. The summed E-state index contributed by atoms with van der Waals surface area (Å²) in [7, 11) is 0. The van der Waals surface area contributed by atoms with Crippen molar-refractivity contribution in [3.05, 3.63) is 16.3 Å². The summed E-state index contributed by atoms with van der Waals surface area (Å²) in [6, 6.07) is 0. The Labute approximate surface area is 108 Å². The maximum atomic E-state index is 5.94. The molecule has 0 saturated heterocycles. The van der Waals surface area contributed by atoms with E-state index < -0.39 is 0 Å². The molecule has 0 aliphatic rings. The normalized spacial score (nSPS) is 10.6. The predicted molar refractivity (Wildman–Crippen MR) is 70.9 cm³/mol. The molecule has 0 unspecified atom stereocenters. The third-order valence-electron chi connectivity index (χ3n) is 2.83. The molecular formula is C12H20ClN3O. The van der Waals surface area contributed by atoms with Crippen molar-refractivity contribution in [2.75, 3.05) is 31.2 Å². The van der Waals surface area contributed by atoms with Gasteiger partial charge in [0.25, 0.3) is 0 Å². The lowest BCUT2D eigenvalue weighted by Crippen LogP contribution is -2.29. The Morgan fingerprint density at radius 2 is 1.88 bits per heavy atom. The molecule has 1 aromatic heterocycles. The van der Waals surface area contributed by atoms with Gasteiger partial charge in [0, 0.05) is 19.7 Å². The molecule has 5 heteroatoms. The van der Waals surface area contributed by atoms with Crippen molar-refractivity contribution in [3.8, 4) is 0 Å². The van der Waals surface area contributed by atoms with E-state index in [1.165, 1.54) is 0 Å². The van der Waals surface area contributed by atoms with E-state index in [0.717, 1.165) is 36.6 Å². The summed E-state index contributed by atoms with van der Waals surface area (Å²) in [6.45, 7) is 11.2. The standard InChI is InChI=1S/C12H20ClN3O/c1-5-16(7-8-17-6-2)12-10(4)9(3)11(13)14-15-12/h5-8H2,1-4H3. The van der Waals surface area contributed by atoms with E-state index in [4.69, 9.17) is 16.3 Å². The number of nitrogens with zero attached hydrogens (tertiary/aromatic N) is 3. The smallest absolute Gasteiger partial charge is 0.155 e. The Kier molecular flexibility index (Phi) is 5.65. The van der Waals surface area contributed by atoms with Gasteiger partial charge in [-0.25, -0.2) is 0 Å². The maximum Gasteiger partial charge on any atom is 0.155 e. The molecule has 0 atom stereocenters. The van der Waals surface area contributed by atoms with E-state index in [-0.39, 0.29) is 0 Å². The van der Waals surface area contributed by atoms with Crippen molar-refractivity contribution in [3.63, 3.8) is 0 Å². The number of likely N-dealkylation sites (N-methyl/N-ethyl adjacent to an activating group) is 1. The fourth-order valence-corrected chi connectivity index (χ4v) is 1.78. The minimum absolute atomic E-state index is 0.479. The minimum Gasteiger partial charge on any atom is -0.380 e. The average molecular weight is 258 g/mol. The van der Waals surface area contributed by atoms with Crippen LogP contribution in [0.15, 0.2) is 0 Å². The summed E-state index contributed by atoms with van der Waals surface area (Å²) in [6.07, 6.45) is 0. The van der Waals surface area contributed by atoms with Gasteiger partial charge in [-0.15, -0.1) is 10.2 Å². The molecule has 0 N–H and O–H groups in total. The van der Waals surface area contributed by atoms with E-state index in [1.54, 1.807) is 0 Å². The van der Waals surface area contributed by atoms with E-state index >= 15 is 0 Å². The highest BCUT2D eigenvalue weighted by atomic mass is 35.5. The Bertz CT molecular complexity index is 371. The monoisotopic (exact) mass is 257 g/mol. The highest BCUT2D eigenvalue weighted by Crippen LogP contribution is 2.23. The van der Waals surface area contributed by atoms with Crippen LogP contribution in [0.2, 0.25) is 5.15 Å². The molecule has 1 rings (SSSR count). The molecule has 0 aliphatic carbocycles. The van der Waals surface area contributed by atoms with Crippen LogP contribution in [0.4, 0.5) is 5.82 Å². The van der Waals surface area contributed by atoms with Crippen LogP contribution in [0.1, 0.15) is 25.0 Å². The first-order valence-electron chi connectivity index (χ1n) is 5.93. The first-order valence-corrected chi connectivity index (χ1v) is 6.31. The van der Waals surface area contributed by atoms with Crippen LogP contribution in [0.5, 0.6) is 0 Å². The number of hydrogen-bond donors (Lipinski definition) is 0. The third kappa shape index (κ3) is 3.54. The molecule has 0 bridgehead atoms. The fourth-order valence-electron chi connectivity index (χ4n) is 1.60. The van der Waals surface area contributed by atoms with Crippen molar-refractivity contribution in [1.82, 2.24) is 10.2 Å². The second-order valence-electron chi connectivity index (χ2n) is 3.84. The first-order chi connectivity index (χ1) is 8.11. The topological polar surface area (TPSA) is 38.2 Å². The number of anilines is 1. The van der Waals surface area contributed by atoms with Crippen LogP contribution in [-0.2, 0) is 4.74 Å². The molecule has 0 aliphatic heterocycles. The summed E-state index contributed by atoms with van der Waals surface area (Å²) < 4.78 is 5.37. The zero-order valence-electron chi connectivity index (χ0n) is 11.0. The summed E-state index contributed by atoms with van der Waals surface area (Å²) in [5.74, 6) is 0.897. The van der Waals surface area contributed by atoms with E-state index in [9.17, 15) is 0 Å². The molecule has 0 amide bonds. The third-order valence-corrected chi connectivity index (χ3v) is 3.19. The summed E-state index contributed by atoms with van der Waals surface area (Å²) in [5.41, 5.74) is 2.08. The molecule has 17 heavy (non-hydrogen) atoms. The van der Waals surface area contributed by atoms with Crippen LogP contribution >= 0.6 is 11.6 Å². The predicted octanol–water partition coefficient (Wildman–Crippen LogP) is 2.61. The molecule has 1 heterocycles. The number of aromatic nitrogens is 2. The highest BCUT2D eigenvalue weighted by Gasteiger charge is 2.13. The zero-order chi connectivity index (χ0) is 12.8. The van der Waals surface area contributed by atoms with Gasteiger partial charge in [0.2, 0.25) is 0 Å². The van der Waals surface area contributed by atoms with Crippen molar-refractivity contribution in [2.24, 2.45) is 0 Å². The lowest BCUT2D eigenvalue weighted by atomic mass is 10.2. The van der Waals surface area contributed by atoms with Crippen molar-refractivity contribution < 1.29 is 4.74 Å². The molecule has 4 nitrogen and oxygen atoms in total. The molecule has 96 valence electrons. The number of halogens is 1. The number of rotatable bonds is 6. The lowest BCUT2D eigenvalue weighted by molar-refractivity contribution is 0.154. The van der Waals surface area contributed by atoms with Crippen molar-refractivity contribution >= 4 is 17.4 Å². The van der Waals surface area contributed by atoms with Gasteiger partial charge in [-0.1, -0.05) is 11.6 Å². The molecule has 0 fully saturated rings. The highest BCUT2D eigenvalue weighted by molar-refractivity contribution is 6.30. The van der Waals surface area contributed by atoms with E-state index in [2.05, 4.69) is 22.0 Å². The molecule has 0 saturated carbocycles. The lowest BCUT2D eigenvalue weighted by Gasteiger charge is -2.23. The van der Waals surface area contributed by atoms with Crippen LogP contribution in [0.3, 0.4) is 0 Å². The van der Waals surface area contributed by atoms with Gasteiger partial charge in [-0.3, -0.25) is 0 Å². The largest absolute Gasteiger partial charge is 0.380 e. The number of ether oxygens (including phenoxy) is 1. The van der Waals surface area contributed by atoms with E-state index in [1.807, 2.05) is 20.8 Å². The average Bonchev–Trinajstić information content (AvgIpc) is 2.33. The first kappa shape index (κ1) is 14.2. The molecule has 0 aromatic carbocycles. The van der Waals surface area contributed by atoms with Gasteiger partial charge in [-0.05, 0) is 38.8 Å². The quantitative estimate of drug-likeness (QED) is 0.735. The van der Waals surface area contributed by atoms with Gasteiger partial charge in [0.1, 0.15) is 0 Å². The Morgan fingerprint density at radius 1 is 1.18 bits per heavy atom. The molecular weight excluding hydrogens is 238 g/mol. The van der Waals surface area contributed by atoms with Crippen LogP contribution in [0.25, 0.3) is 0 Å². The Balaban J connectivity index is 2.85. The van der Waals surface area contributed by atoms with Crippen LogP contribution < -0.4 is 4.90 Å².